The predicted octanol–water partition coefficient (Wildman–Crippen LogP) is 3.72. The van der Waals surface area contributed by atoms with Crippen molar-refractivity contribution in [3.8, 4) is 0 Å². The molecule has 15 heavy (non-hydrogen) atoms. The highest BCUT2D eigenvalue weighted by molar-refractivity contribution is 5.41. The van der Waals surface area contributed by atoms with E-state index in [0.717, 1.165) is 5.92 Å². The van der Waals surface area contributed by atoms with Gasteiger partial charge < -0.3 is 4.98 Å². The first-order valence-electron chi connectivity index (χ1n) is 6.62. The number of aryl methyl sites for hydroxylation is 1. The Bertz CT molecular complexity index is 362. The summed E-state index contributed by atoms with van der Waals surface area (Å²) in [5.74, 6) is 0.833. The molecule has 0 saturated carbocycles. The first kappa shape index (κ1) is 9.50. The van der Waals surface area contributed by atoms with Gasteiger partial charge in [0.25, 0.3) is 0 Å². The van der Waals surface area contributed by atoms with E-state index >= 15 is 0 Å². The molecule has 82 valence electrons. The monoisotopic (exact) mass is 203 g/mol. The van der Waals surface area contributed by atoms with Gasteiger partial charge in [0.1, 0.15) is 0 Å². The van der Waals surface area contributed by atoms with E-state index in [1.165, 1.54) is 51.4 Å². The molecule has 3 rings (SSSR count). The molecule has 0 saturated heterocycles. The Morgan fingerprint density at radius 1 is 1.07 bits per heavy atom. The second kappa shape index (κ2) is 3.70. The molecule has 1 unspecified atom stereocenters. The van der Waals surface area contributed by atoms with Gasteiger partial charge in [-0.15, -0.1) is 0 Å². The molecule has 1 aromatic rings. The lowest BCUT2D eigenvalue weighted by atomic mass is 9.83. The van der Waals surface area contributed by atoms with Gasteiger partial charge in [-0.1, -0.05) is 6.92 Å². The second-order valence-corrected chi connectivity index (χ2v) is 5.18. The van der Waals surface area contributed by atoms with E-state index in [-0.39, 0.29) is 0 Å². The summed E-state index contributed by atoms with van der Waals surface area (Å²) in [5.41, 5.74) is 6.65. The number of fused-ring (bicyclic) bond motifs is 3. The van der Waals surface area contributed by atoms with Crippen LogP contribution in [0.5, 0.6) is 0 Å². The summed E-state index contributed by atoms with van der Waals surface area (Å²) in [6.45, 7) is 2.33. The summed E-state index contributed by atoms with van der Waals surface area (Å²) < 4.78 is 0. The zero-order valence-corrected chi connectivity index (χ0v) is 9.73. The van der Waals surface area contributed by atoms with Crippen LogP contribution in [0.1, 0.15) is 67.5 Å². The van der Waals surface area contributed by atoms with Crippen LogP contribution in [0, 0.1) is 0 Å². The molecule has 1 atom stereocenters. The first-order valence-corrected chi connectivity index (χ1v) is 6.62. The quantitative estimate of drug-likeness (QED) is 0.716. The lowest BCUT2D eigenvalue weighted by Crippen LogP contribution is -2.09. The molecule has 0 aromatic carbocycles. The third-order valence-corrected chi connectivity index (χ3v) is 4.32. The first-order chi connectivity index (χ1) is 7.40. The average Bonchev–Trinajstić information content (AvgIpc) is 2.67. The Labute approximate surface area is 92.3 Å². The van der Waals surface area contributed by atoms with Crippen molar-refractivity contribution in [1.82, 2.24) is 4.98 Å². The summed E-state index contributed by atoms with van der Waals surface area (Å²) in [5, 5.41) is 0. The predicted molar refractivity (Wildman–Crippen MR) is 63.4 cm³/mol. The zero-order valence-electron chi connectivity index (χ0n) is 9.73. The van der Waals surface area contributed by atoms with Gasteiger partial charge in [-0.25, -0.2) is 0 Å². The molecule has 2 aliphatic carbocycles. The highest BCUT2D eigenvalue weighted by Crippen LogP contribution is 2.38. The molecule has 1 heterocycles. The van der Waals surface area contributed by atoms with Crippen LogP contribution >= 0.6 is 0 Å². The van der Waals surface area contributed by atoms with Crippen LogP contribution in [0.2, 0.25) is 0 Å². The summed E-state index contributed by atoms with van der Waals surface area (Å²) in [6.07, 6.45) is 10.9. The van der Waals surface area contributed by atoms with Crippen molar-refractivity contribution in [2.45, 2.75) is 64.2 Å². The van der Waals surface area contributed by atoms with Gasteiger partial charge in [0.05, 0.1) is 0 Å². The molecule has 2 aliphatic rings. The van der Waals surface area contributed by atoms with Crippen molar-refractivity contribution in [3.05, 3.63) is 22.5 Å². The van der Waals surface area contributed by atoms with Gasteiger partial charge in [-0.3, -0.25) is 0 Å². The van der Waals surface area contributed by atoms with E-state index in [1.807, 2.05) is 0 Å². The SMILES string of the molecule is CCC1CCCc2c1[nH]c1c2CCCC1. The lowest BCUT2D eigenvalue weighted by Gasteiger charge is -2.22. The molecule has 1 N–H and O–H groups in total. The number of aromatic nitrogens is 1. The molecule has 0 spiro atoms. The molecule has 0 aliphatic heterocycles. The average molecular weight is 203 g/mol. The Hall–Kier alpha value is -0.720. The number of nitrogens with one attached hydrogen (secondary N) is 1. The molecule has 0 fully saturated rings. The maximum Gasteiger partial charge on any atom is 0.0216 e. The summed E-state index contributed by atoms with van der Waals surface area (Å²) >= 11 is 0. The Kier molecular flexibility index (Phi) is 2.34. The minimum absolute atomic E-state index is 0.833. The number of rotatable bonds is 1. The molecular weight excluding hydrogens is 182 g/mol. The summed E-state index contributed by atoms with van der Waals surface area (Å²) in [7, 11) is 0. The molecule has 0 bridgehead atoms. The standard InChI is InChI=1S/C14H21N/c1-2-10-6-5-8-12-11-7-3-4-9-13(11)15-14(10)12/h10,15H,2-9H2,1H3. The largest absolute Gasteiger partial charge is 0.362 e. The van der Waals surface area contributed by atoms with E-state index in [0.29, 0.717) is 0 Å². The molecule has 0 radical (unpaired) electrons. The molecule has 1 heteroatoms. The highest BCUT2D eigenvalue weighted by atomic mass is 14.8. The van der Waals surface area contributed by atoms with Crippen LogP contribution in [0.25, 0.3) is 0 Å². The van der Waals surface area contributed by atoms with Gasteiger partial charge in [0.2, 0.25) is 0 Å². The van der Waals surface area contributed by atoms with Crippen molar-refractivity contribution in [2.24, 2.45) is 0 Å². The third kappa shape index (κ3) is 1.44. The van der Waals surface area contributed by atoms with Crippen molar-refractivity contribution in [3.63, 3.8) is 0 Å². The maximum atomic E-state index is 3.76. The van der Waals surface area contributed by atoms with Crippen molar-refractivity contribution in [1.29, 1.82) is 0 Å². The summed E-state index contributed by atoms with van der Waals surface area (Å²) in [4.78, 5) is 3.76. The van der Waals surface area contributed by atoms with E-state index in [1.54, 1.807) is 22.5 Å². The van der Waals surface area contributed by atoms with Crippen molar-refractivity contribution >= 4 is 0 Å². The van der Waals surface area contributed by atoms with E-state index < -0.39 is 0 Å². The van der Waals surface area contributed by atoms with Crippen LogP contribution in [-0.4, -0.2) is 4.98 Å². The minimum Gasteiger partial charge on any atom is -0.362 e. The minimum atomic E-state index is 0.833. The number of hydrogen-bond donors (Lipinski definition) is 1. The molecule has 1 nitrogen and oxygen atoms in total. The third-order valence-electron chi connectivity index (χ3n) is 4.32. The van der Waals surface area contributed by atoms with Gasteiger partial charge in [0.15, 0.2) is 0 Å². The Balaban J connectivity index is 2.06. The highest BCUT2D eigenvalue weighted by Gasteiger charge is 2.26. The van der Waals surface area contributed by atoms with Gasteiger partial charge in [0, 0.05) is 11.4 Å². The topological polar surface area (TPSA) is 15.8 Å². The van der Waals surface area contributed by atoms with Crippen molar-refractivity contribution < 1.29 is 0 Å². The fraction of sp³-hybridized carbons (Fsp3) is 0.714. The fourth-order valence-corrected chi connectivity index (χ4v) is 3.49. The van der Waals surface area contributed by atoms with Gasteiger partial charge >= 0.3 is 0 Å². The maximum absolute atomic E-state index is 3.76. The second-order valence-electron chi connectivity index (χ2n) is 5.18. The lowest BCUT2D eigenvalue weighted by molar-refractivity contribution is 0.529. The summed E-state index contributed by atoms with van der Waals surface area (Å²) in [6, 6.07) is 0. The number of H-pyrrole nitrogens is 1. The van der Waals surface area contributed by atoms with E-state index in [2.05, 4.69) is 11.9 Å². The number of aromatic amines is 1. The van der Waals surface area contributed by atoms with E-state index in [9.17, 15) is 0 Å². The van der Waals surface area contributed by atoms with Gasteiger partial charge in [-0.05, 0) is 68.4 Å². The van der Waals surface area contributed by atoms with Crippen LogP contribution < -0.4 is 0 Å². The van der Waals surface area contributed by atoms with Gasteiger partial charge in [-0.2, -0.15) is 0 Å². The molecule has 0 amide bonds. The van der Waals surface area contributed by atoms with Crippen LogP contribution in [0.4, 0.5) is 0 Å². The van der Waals surface area contributed by atoms with Crippen LogP contribution in [0.3, 0.4) is 0 Å². The van der Waals surface area contributed by atoms with Crippen LogP contribution in [0.15, 0.2) is 0 Å². The van der Waals surface area contributed by atoms with E-state index in [4.69, 9.17) is 0 Å². The Morgan fingerprint density at radius 2 is 1.87 bits per heavy atom. The Morgan fingerprint density at radius 3 is 2.73 bits per heavy atom. The van der Waals surface area contributed by atoms with Crippen LogP contribution in [-0.2, 0) is 19.3 Å². The zero-order chi connectivity index (χ0) is 10.3. The van der Waals surface area contributed by atoms with Crippen molar-refractivity contribution in [2.75, 3.05) is 0 Å². The molecule has 1 aromatic heterocycles. The normalized spacial score (nSPS) is 24.7. The number of hydrogen-bond acceptors (Lipinski definition) is 0. The smallest absolute Gasteiger partial charge is 0.0216 e. The molecular formula is C14H21N. The fourth-order valence-electron chi connectivity index (χ4n) is 3.49.